The fraction of sp³-hybridized carbons (Fsp3) is 0.500. The van der Waals surface area contributed by atoms with Crippen LogP contribution in [0.1, 0.15) is 32.3 Å². The lowest BCUT2D eigenvalue weighted by atomic mass is 10.0. The van der Waals surface area contributed by atoms with Crippen LogP contribution >= 0.6 is 0 Å². The topological polar surface area (TPSA) is 177 Å². The number of hydrogen-bond acceptors (Lipinski definition) is 5. The first-order valence-corrected chi connectivity index (χ1v) is 9.78. The van der Waals surface area contributed by atoms with Gasteiger partial charge in [-0.2, -0.15) is 0 Å². The molecule has 1 aromatic carbocycles. The summed E-state index contributed by atoms with van der Waals surface area (Å²) in [5.74, 6) is -2.46. The molecule has 3 unspecified atom stereocenters. The van der Waals surface area contributed by atoms with E-state index in [0.29, 0.717) is 6.42 Å². The summed E-state index contributed by atoms with van der Waals surface area (Å²) in [5.41, 5.74) is 11.6. The van der Waals surface area contributed by atoms with Crippen LogP contribution in [0.2, 0.25) is 0 Å². The second-order valence-corrected chi connectivity index (χ2v) is 7.35. The van der Waals surface area contributed by atoms with Crippen molar-refractivity contribution < 1.29 is 24.3 Å². The number of urea groups is 1. The smallest absolute Gasteiger partial charge is 0.326 e. The monoisotopic (exact) mass is 421 g/mol. The first kappa shape index (κ1) is 24.9. The Labute approximate surface area is 175 Å². The number of rotatable bonds is 12. The van der Waals surface area contributed by atoms with Gasteiger partial charge in [0.2, 0.25) is 11.8 Å². The Bertz CT molecular complexity index is 726. The summed E-state index contributed by atoms with van der Waals surface area (Å²) in [6.07, 6.45) is 0.561. The molecule has 0 radical (unpaired) electrons. The van der Waals surface area contributed by atoms with Gasteiger partial charge in [-0.3, -0.25) is 9.59 Å². The van der Waals surface area contributed by atoms with E-state index in [0.717, 1.165) is 5.56 Å². The van der Waals surface area contributed by atoms with Gasteiger partial charge in [0, 0.05) is 13.0 Å². The zero-order chi connectivity index (χ0) is 22.7. The molecule has 0 aliphatic heterocycles. The van der Waals surface area contributed by atoms with E-state index in [2.05, 4.69) is 16.0 Å². The molecule has 0 saturated carbocycles. The SMILES string of the molecule is CC(C)C(N)C(=O)NC(Cc1ccccc1)C(=O)NC(CCCNC(N)=O)C(=O)O. The van der Waals surface area contributed by atoms with Crippen LogP contribution in [0, 0.1) is 5.92 Å². The number of carbonyl (C=O) groups excluding carboxylic acids is 3. The van der Waals surface area contributed by atoms with Crippen molar-refractivity contribution in [2.75, 3.05) is 6.54 Å². The number of nitrogens with one attached hydrogen (secondary N) is 3. The molecule has 166 valence electrons. The summed E-state index contributed by atoms with van der Waals surface area (Å²) < 4.78 is 0. The van der Waals surface area contributed by atoms with Crippen molar-refractivity contribution in [3.63, 3.8) is 0 Å². The first-order valence-electron chi connectivity index (χ1n) is 9.78. The highest BCUT2D eigenvalue weighted by molar-refractivity contribution is 5.92. The summed E-state index contributed by atoms with van der Waals surface area (Å²) in [7, 11) is 0. The van der Waals surface area contributed by atoms with E-state index >= 15 is 0 Å². The quantitative estimate of drug-likeness (QED) is 0.253. The highest BCUT2D eigenvalue weighted by atomic mass is 16.4. The summed E-state index contributed by atoms with van der Waals surface area (Å²) in [6.45, 7) is 3.76. The Hall–Kier alpha value is -3.14. The maximum absolute atomic E-state index is 12.8. The van der Waals surface area contributed by atoms with Crippen LogP contribution < -0.4 is 27.4 Å². The fourth-order valence-corrected chi connectivity index (χ4v) is 2.68. The molecule has 0 aliphatic carbocycles. The molecule has 10 nitrogen and oxygen atoms in total. The second kappa shape index (κ2) is 12.4. The van der Waals surface area contributed by atoms with Crippen LogP contribution in [0.4, 0.5) is 4.79 Å². The number of hydrogen-bond donors (Lipinski definition) is 6. The molecule has 8 N–H and O–H groups in total. The van der Waals surface area contributed by atoms with Crippen molar-refractivity contribution in [2.24, 2.45) is 17.4 Å². The number of carbonyl (C=O) groups is 4. The third kappa shape index (κ3) is 8.91. The molecule has 1 aromatic rings. The molecule has 1 rings (SSSR count). The van der Waals surface area contributed by atoms with Crippen LogP contribution in [0.5, 0.6) is 0 Å². The Kier molecular flexibility index (Phi) is 10.3. The molecular formula is C20H31N5O5. The molecule has 4 amide bonds. The average molecular weight is 421 g/mol. The van der Waals surface area contributed by atoms with Crippen LogP contribution in [-0.4, -0.2) is 53.6 Å². The van der Waals surface area contributed by atoms with E-state index in [9.17, 15) is 24.3 Å². The second-order valence-electron chi connectivity index (χ2n) is 7.35. The number of carboxylic acids is 1. The Morgan fingerprint density at radius 2 is 1.60 bits per heavy atom. The summed E-state index contributed by atoms with van der Waals surface area (Å²) in [4.78, 5) is 47.4. The predicted octanol–water partition coefficient (Wildman–Crippen LogP) is -0.285. The van der Waals surface area contributed by atoms with Crippen molar-refractivity contribution >= 4 is 23.8 Å². The standard InChI is InChI=1S/C20H31N5O5/c1-12(2)16(21)18(27)25-15(11-13-7-4-3-5-8-13)17(26)24-14(19(28)29)9-6-10-23-20(22)30/h3-5,7-8,12,14-16H,6,9-11,21H2,1-2H3,(H,24,26)(H,25,27)(H,28,29)(H3,22,23,30). The lowest BCUT2D eigenvalue weighted by Crippen LogP contribution is -2.56. The minimum Gasteiger partial charge on any atom is -0.480 e. The molecule has 30 heavy (non-hydrogen) atoms. The van der Waals surface area contributed by atoms with Crippen molar-refractivity contribution in [3.8, 4) is 0 Å². The number of primary amides is 1. The normalized spacial score (nSPS) is 13.7. The molecular weight excluding hydrogens is 390 g/mol. The predicted molar refractivity (Wildman–Crippen MR) is 111 cm³/mol. The number of aliphatic carboxylic acids is 1. The van der Waals surface area contributed by atoms with Crippen LogP contribution in [0.3, 0.4) is 0 Å². The minimum absolute atomic E-state index is 0.0822. The molecule has 0 saturated heterocycles. The van der Waals surface area contributed by atoms with Crippen molar-refractivity contribution in [1.29, 1.82) is 0 Å². The largest absolute Gasteiger partial charge is 0.480 e. The third-order valence-electron chi connectivity index (χ3n) is 4.52. The van der Waals surface area contributed by atoms with E-state index < -0.39 is 41.9 Å². The Morgan fingerprint density at radius 1 is 1.00 bits per heavy atom. The maximum atomic E-state index is 12.8. The van der Waals surface area contributed by atoms with Gasteiger partial charge in [0.05, 0.1) is 6.04 Å². The molecule has 0 heterocycles. The van der Waals surface area contributed by atoms with Crippen LogP contribution in [-0.2, 0) is 20.8 Å². The fourth-order valence-electron chi connectivity index (χ4n) is 2.68. The summed E-state index contributed by atoms with van der Waals surface area (Å²) >= 11 is 0. The molecule has 0 fully saturated rings. The lowest BCUT2D eigenvalue weighted by molar-refractivity contribution is -0.142. The average Bonchev–Trinajstić information content (AvgIpc) is 2.69. The van der Waals surface area contributed by atoms with Gasteiger partial charge in [0.1, 0.15) is 12.1 Å². The van der Waals surface area contributed by atoms with E-state index in [-0.39, 0.29) is 25.3 Å². The number of carboxylic acid groups (broad SMARTS) is 1. The van der Waals surface area contributed by atoms with E-state index in [1.54, 1.807) is 38.1 Å². The van der Waals surface area contributed by atoms with Gasteiger partial charge in [-0.05, 0) is 24.3 Å². The summed E-state index contributed by atoms with van der Waals surface area (Å²) in [5, 5.41) is 16.9. The van der Waals surface area contributed by atoms with Gasteiger partial charge in [-0.25, -0.2) is 9.59 Å². The lowest BCUT2D eigenvalue weighted by Gasteiger charge is -2.24. The third-order valence-corrected chi connectivity index (χ3v) is 4.52. The van der Waals surface area contributed by atoms with Gasteiger partial charge in [0.25, 0.3) is 0 Å². The van der Waals surface area contributed by atoms with Gasteiger partial charge < -0.3 is 32.5 Å². The van der Waals surface area contributed by atoms with Crippen LogP contribution in [0.15, 0.2) is 30.3 Å². The highest BCUT2D eigenvalue weighted by Crippen LogP contribution is 2.07. The summed E-state index contributed by atoms with van der Waals surface area (Å²) in [6, 6.07) is 5.36. The van der Waals surface area contributed by atoms with Crippen molar-refractivity contribution in [2.45, 2.75) is 51.2 Å². The van der Waals surface area contributed by atoms with Gasteiger partial charge >= 0.3 is 12.0 Å². The molecule has 0 aliphatic rings. The highest BCUT2D eigenvalue weighted by Gasteiger charge is 2.28. The Balaban J connectivity index is 2.86. The Morgan fingerprint density at radius 3 is 2.13 bits per heavy atom. The van der Waals surface area contributed by atoms with E-state index in [4.69, 9.17) is 11.5 Å². The zero-order valence-electron chi connectivity index (χ0n) is 17.3. The minimum atomic E-state index is -1.22. The molecule has 0 spiro atoms. The van der Waals surface area contributed by atoms with Gasteiger partial charge in [-0.15, -0.1) is 0 Å². The zero-order valence-corrected chi connectivity index (χ0v) is 17.3. The van der Waals surface area contributed by atoms with Crippen LogP contribution in [0.25, 0.3) is 0 Å². The molecule has 0 bridgehead atoms. The van der Waals surface area contributed by atoms with Crippen molar-refractivity contribution in [1.82, 2.24) is 16.0 Å². The first-order chi connectivity index (χ1) is 14.1. The number of amides is 4. The molecule has 0 aromatic heterocycles. The number of nitrogens with two attached hydrogens (primary N) is 2. The van der Waals surface area contributed by atoms with Gasteiger partial charge in [0.15, 0.2) is 0 Å². The molecule has 10 heteroatoms. The van der Waals surface area contributed by atoms with Crippen molar-refractivity contribution in [3.05, 3.63) is 35.9 Å². The molecule has 3 atom stereocenters. The number of benzene rings is 1. The van der Waals surface area contributed by atoms with Gasteiger partial charge in [-0.1, -0.05) is 44.2 Å². The maximum Gasteiger partial charge on any atom is 0.326 e. The van der Waals surface area contributed by atoms with E-state index in [1.165, 1.54) is 0 Å². The van der Waals surface area contributed by atoms with E-state index in [1.807, 2.05) is 6.07 Å².